The number of aromatic nitrogens is 1. The summed E-state index contributed by atoms with van der Waals surface area (Å²) in [5, 5.41) is 26.9. The monoisotopic (exact) mass is 512 g/mol. The van der Waals surface area contributed by atoms with Gasteiger partial charge in [0.2, 0.25) is 5.56 Å². The van der Waals surface area contributed by atoms with E-state index in [0.717, 1.165) is 36.2 Å². The third-order valence-electron chi connectivity index (χ3n) is 5.27. The number of aliphatic carboxylic acids is 2. The van der Waals surface area contributed by atoms with Crippen LogP contribution in [0.4, 0.5) is 0 Å². The number of H-pyrrole nitrogens is 1. The van der Waals surface area contributed by atoms with Crippen LogP contribution in [-0.4, -0.2) is 76.6 Å². The molecular formula is C27H32N2O8. The fourth-order valence-corrected chi connectivity index (χ4v) is 3.40. The first-order chi connectivity index (χ1) is 17.7. The Kier molecular flexibility index (Phi) is 11.8. The minimum atomic E-state index is -1.26. The molecule has 0 spiro atoms. The number of aliphatic hydroxyl groups is 1. The molecule has 10 heteroatoms. The molecule has 37 heavy (non-hydrogen) atoms. The summed E-state index contributed by atoms with van der Waals surface area (Å²) in [5.41, 5.74) is 1.85. The molecule has 0 aliphatic heterocycles. The maximum Gasteiger partial charge on any atom is 0.328 e. The zero-order valence-corrected chi connectivity index (χ0v) is 20.8. The fourth-order valence-electron chi connectivity index (χ4n) is 3.40. The molecule has 1 aromatic heterocycles. The van der Waals surface area contributed by atoms with Gasteiger partial charge in [0, 0.05) is 42.2 Å². The summed E-state index contributed by atoms with van der Waals surface area (Å²) in [6.45, 7) is 4.55. The van der Waals surface area contributed by atoms with E-state index in [1.54, 1.807) is 19.2 Å². The number of aromatic amines is 1. The number of rotatable bonds is 12. The van der Waals surface area contributed by atoms with Crippen LogP contribution in [0.25, 0.3) is 10.9 Å². The van der Waals surface area contributed by atoms with Crippen molar-refractivity contribution in [2.75, 3.05) is 33.4 Å². The average molecular weight is 513 g/mol. The molecule has 0 bridgehead atoms. The predicted molar refractivity (Wildman–Crippen MR) is 139 cm³/mol. The first-order valence-corrected chi connectivity index (χ1v) is 11.6. The van der Waals surface area contributed by atoms with Gasteiger partial charge in [-0.2, -0.15) is 0 Å². The van der Waals surface area contributed by atoms with E-state index in [4.69, 9.17) is 19.7 Å². The van der Waals surface area contributed by atoms with Gasteiger partial charge in [0.1, 0.15) is 24.2 Å². The number of carbonyl (C=O) groups is 2. The van der Waals surface area contributed by atoms with Crippen LogP contribution in [0.3, 0.4) is 0 Å². The third kappa shape index (κ3) is 11.0. The van der Waals surface area contributed by atoms with Gasteiger partial charge in [0.25, 0.3) is 0 Å². The Hall–Kier alpha value is -4.15. The number of hydrogen-bond donors (Lipinski definition) is 4. The molecule has 4 N–H and O–H groups in total. The number of nitrogens with one attached hydrogen (secondary N) is 1. The highest BCUT2D eigenvalue weighted by Gasteiger charge is 2.12. The summed E-state index contributed by atoms with van der Waals surface area (Å²) in [7, 11) is 1.67. The van der Waals surface area contributed by atoms with Gasteiger partial charge in [-0.1, -0.05) is 19.1 Å². The Labute approximate surface area is 214 Å². The lowest BCUT2D eigenvalue weighted by molar-refractivity contribution is -0.134. The van der Waals surface area contributed by atoms with Gasteiger partial charge in [0.05, 0.1) is 7.11 Å². The van der Waals surface area contributed by atoms with Gasteiger partial charge in [-0.25, -0.2) is 9.59 Å². The van der Waals surface area contributed by atoms with Crippen molar-refractivity contribution in [2.45, 2.75) is 19.4 Å². The van der Waals surface area contributed by atoms with Crippen LogP contribution in [-0.2, 0) is 16.0 Å². The van der Waals surface area contributed by atoms with E-state index in [2.05, 4.69) is 22.9 Å². The topological polar surface area (TPSA) is 149 Å². The van der Waals surface area contributed by atoms with Crippen LogP contribution < -0.4 is 15.0 Å². The lowest BCUT2D eigenvalue weighted by Gasteiger charge is -2.23. The summed E-state index contributed by atoms with van der Waals surface area (Å²) in [5.74, 6) is -0.985. The van der Waals surface area contributed by atoms with Crippen molar-refractivity contribution in [1.29, 1.82) is 0 Å². The van der Waals surface area contributed by atoms with Crippen LogP contribution in [0.1, 0.15) is 12.5 Å². The molecule has 0 radical (unpaired) electrons. The van der Waals surface area contributed by atoms with E-state index in [0.29, 0.717) is 24.4 Å². The summed E-state index contributed by atoms with van der Waals surface area (Å²) < 4.78 is 11.0. The number of fused-ring (bicyclic) bond motifs is 1. The van der Waals surface area contributed by atoms with Gasteiger partial charge < -0.3 is 34.7 Å². The summed E-state index contributed by atoms with van der Waals surface area (Å²) in [6.07, 6.45) is 1.41. The van der Waals surface area contributed by atoms with Crippen LogP contribution in [0, 0.1) is 0 Å². The maximum absolute atomic E-state index is 11.4. The van der Waals surface area contributed by atoms with Crippen molar-refractivity contribution in [1.82, 2.24) is 9.88 Å². The Morgan fingerprint density at radius 2 is 1.76 bits per heavy atom. The molecule has 198 valence electrons. The molecule has 3 aromatic rings. The molecule has 1 heterocycles. The van der Waals surface area contributed by atoms with Crippen molar-refractivity contribution >= 4 is 22.8 Å². The number of carboxylic acids is 2. The Morgan fingerprint density at radius 3 is 2.41 bits per heavy atom. The molecule has 0 saturated heterocycles. The number of carboxylic acid groups (broad SMARTS) is 2. The molecular weight excluding hydrogens is 480 g/mol. The molecule has 0 amide bonds. The number of nitrogens with zero attached hydrogens (tertiary/aromatic N) is 1. The van der Waals surface area contributed by atoms with Crippen LogP contribution >= 0.6 is 0 Å². The predicted octanol–water partition coefficient (Wildman–Crippen LogP) is 2.55. The summed E-state index contributed by atoms with van der Waals surface area (Å²) in [4.78, 5) is 35.4. The highest BCUT2D eigenvalue weighted by Crippen LogP contribution is 2.18. The number of benzene rings is 2. The third-order valence-corrected chi connectivity index (χ3v) is 5.27. The van der Waals surface area contributed by atoms with Gasteiger partial charge in [0.15, 0.2) is 0 Å². The number of likely N-dealkylation sites (N-methyl/N-ethyl adjacent to an activating group) is 1. The summed E-state index contributed by atoms with van der Waals surface area (Å²) >= 11 is 0. The van der Waals surface area contributed by atoms with E-state index in [1.807, 2.05) is 30.3 Å². The fraction of sp³-hybridized carbons (Fsp3) is 0.296. The van der Waals surface area contributed by atoms with Crippen molar-refractivity contribution in [2.24, 2.45) is 0 Å². The van der Waals surface area contributed by atoms with Crippen molar-refractivity contribution in [3.8, 4) is 11.5 Å². The average Bonchev–Trinajstić information content (AvgIpc) is 2.89. The highest BCUT2D eigenvalue weighted by molar-refractivity contribution is 5.89. The molecule has 0 aliphatic rings. The molecule has 10 nitrogen and oxygen atoms in total. The standard InChI is InChI=1S/C23H28N2O4.C4H4O4/c1-3-25(12-11-17-5-4-6-20(13-17)28-2)15-19(26)16-29-21-8-9-22-18(14-21)7-10-23(27)24-22;5-3(6)1-2-4(7)8/h4-10,13-14,19,26H,3,11-12,15-16H2,1-2H3,(H,24,27);1-2H,(H,5,6)(H,7,8)/b;2-1+. The zero-order valence-electron chi connectivity index (χ0n) is 20.8. The zero-order chi connectivity index (χ0) is 27.2. The van der Waals surface area contributed by atoms with Gasteiger partial charge in [-0.05, 0) is 54.9 Å². The summed E-state index contributed by atoms with van der Waals surface area (Å²) in [6, 6.07) is 16.8. The van der Waals surface area contributed by atoms with E-state index in [1.165, 1.54) is 11.6 Å². The number of aliphatic hydroxyl groups excluding tert-OH is 1. The van der Waals surface area contributed by atoms with Gasteiger partial charge >= 0.3 is 11.9 Å². The van der Waals surface area contributed by atoms with Crippen LogP contribution in [0.15, 0.2) is 71.5 Å². The number of hydrogen-bond acceptors (Lipinski definition) is 7. The lowest BCUT2D eigenvalue weighted by atomic mass is 10.1. The molecule has 2 aromatic carbocycles. The SMILES string of the molecule is CCN(CCc1cccc(OC)c1)CC(O)COc1ccc2[nH]c(=O)ccc2c1.O=C(O)/C=C/C(=O)O. The van der Waals surface area contributed by atoms with Gasteiger partial charge in [-0.3, -0.25) is 4.79 Å². The highest BCUT2D eigenvalue weighted by atomic mass is 16.5. The van der Waals surface area contributed by atoms with Crippen molar-refractivity contribution < 1.29 is 34.4 Å². The Morgan fingerprint density at radius 1 is 1.03 bits per heavy atom. The molecule has 0 saturated carbocycles. The molecule has 0 fully saturated rings. The Bertz CT molecular complexity index is 1240. The minimum absolute atomic E-state index is 0.129. The quantitative estimate of drug-likeness (QED) is 0.269. The number of pyridine rings is 1. The second-order valence-corrected chi connectivity index (χ2v) is 8.04. The van der Waals surface area contributed by atoms with E-state index in [9.17, 15) is 19.5 Å². The molecule has 3 rings (SSSR count). The minimum Gasteiger partial charge on any atom is -0.497 e. The van der Waals surface area contributed by atoms with Crippen LogP contribution in [0.2, 0.25) is 0 Å². The van der Waals surface area contributed by atoms with Crippen molar-refractivity contribution in [3.05, 3.63) is 82.7 Å². The second-order valence-electron chi connectivity index (χ2n) is 8.04. The van der Waals surface area contributed by atoms with E-state index < -0.39 is 18.0 Å². The lowest BCUT2D eigenvalue weighted by Crippen LogP contribution is -2.36. The normalized spacial score (nSPS) is 11.7. The van der Waals surface area contributed by atoms with Crippen molar-refractivity contribution in [3.63, 3.8) is 0 Å². The maximum atomic E-state index is 11.4. The molecule has 0 aliphatic carbocycles. The Balaban J connectivity index is 0.000000521. The van der Waals surface area contributed by atoms with E-state index >= 15 is 0 Å². The molecule has 1 unspecified atom stereocenters. The first kappa shape index (κ1) is 29.1. The number of methoxy groups -OCH3 is 1. The number of ether oxygens (including phenoxy) is 2. The van der Waals surface area contributed by atoms with Gasteiger partial charge in [-0.15, -0.1) is 0 Å². The molecule has 1 atom stereocenters. The first-order valence-electron chi connectivity index (χ1n) is 11.6. The largest absolute Gasteiger partial charge is 0.497 e. The van der Waals surface area contributed by atoms with Crippen LogP contribution in [0.5, 0.6) is 11.5 Å². The second kappa shape index (κ2) is 15.1. The van der Waals surface area contributed by atoms with E-state index in [-0.39, 0.29) is 12.2 Å². The smallest absolute Gasteiger partial charge is 0.328 e.